The molecule has 4 atom stereocenters. The van der Waals surface area contributed by atoms with Crippen LogP contribution >= 0.6 is 0 Å². The Hall–Kier alpha value is -1.71. The summed E-state index contributed by atoms with van der Waals surface area (Å²) in [4.78, 5) is 7.25. The maximum absolute atomic E-state index is 6.83. The first-order valence-electron chi connectivity index (χ1n) is 9.68. The van der Waals surface area contributed by atoms with Gasteiger partial charge in [-0.2, -0.15) is 0 Å². The van der Waals surface area contributed by atoms with Gasteiger partial charge in [0.1, 0.15) is 6.10 Å². The fraction of sp³-hybridized carbons (Fsp3) is 0.500. The van der Waals surface area contributed by atoms with Gasteiger partial charge in [-0.25, -0.2) is 0 Å². The molecule has 1 aromatic heterocycles. The average molecular weight is 334 g/mol. The molecule has 3 nitrogen and oxygen atoms in total. The van der Waals surface area contributed by atoms with Crippen molar-refractivity contribution in [2.24, 2.45) is 0 Å². The predicted molar refractivity (Wildman–Crippen MR) is 98.6 cm³/mol. The van der Waals surface area contributed by atoms with Crippen molar-refractivity contribution >= 4 is 0 Å². The van der Waals surface area contributed by atoms with Crippen molar-refractivity contribution < 1.29 is 4.74 Å². The highest BCUT2D eigenvalue weighted by Crippen LogP contribution is 2.40. The summed E-state index contributed by atoms with van der Waals surface area (Å²) in [7, 11) is 2.29. The van der Waals surface area contributed by atoms with E-state index in [2.05, 4.69) is 53.3 Å². The second kappa shape index (κ2) is 6.22. The van der Waals surface area contributed by atoms with E-state index >= 15 is 0 Å². The van der Waals surface area contributed by atoms with Gasteiger partial charge < -0.3 is 9.64 Å². The van der Waals surface area contributed by atoms with Gasteiger partial charge in [0.05, 0.1) is 6.10 Å². The van der Waals surface area contributed by atoms with Crippen LogP contribution in [-0.2, 0) is 17.6 Å². The van der Waals surface area contributed by atoms with Crippen LogP contribution < -0.4 is 0 Å². The third-order valence-electron chi connectivity index (χ3n) is 6.56. The van der Waals surface area contributed by atoms with Gasteiger partial charge in [0.15, 0.2) is 0 Å². The fourth-order valence-corrected chi connectivity index (χ4v) is 5.15. The number of hydrogen-bond donors (Lipinski definition) is 0. The number of piperidine rings is 1. The normalized spacial score (nSPS) is 31.2. The number of hydrogen-bond acceptors (Lipinski definition) is 3. The first kappa shape index (κ1) is 15.5. The molecule has 3 heteroatoms. The molecule has 2 fully saturated rings. The van der Waals surface area contributed by atoms with Gasteiger partial charge in [0, 0.05) is 29.5 Å². The van der Waals surface area contributed by atoms with Crippen LogP contribution in [0, 0.1) is 0 Å². The molecule has 5 rings (SSSR count). The van der Waals surface area contributed by atoms with Crippen molar-refractivity contribution in [1.29, 1.82) is 0 Å². The summed E-state index contributed by atoms with van der Waals surface area (Å²) in [5.74, 6) is 0. The Morgan fingerprint density at radius 3 is 2.56 bits per heavy atom. The maximum Gasteiger partial charge on any atom is 0.110 e. The Bertz CT molecular complexity index is 713. The van der Waals surface area contributed by atoms with Gasteiger partial charge >= 0.3 is 0 Å². The van der Waals surface area contributed by atoms with Gasteiger partial charge in [-0.05, 0) is 62.8 Å². The predicted octanol–water partition coefficient (Wildman–Crippen LogP) is 3.91. The average Bonchev–Trinajstić information content (AvgIpc) is 2.82. The van der Waals surface area contributed by atoms with Gasteiger partial charge in [0.25, 0.3) is 0 Å². The molecule has 0 amide bonds. The van der Waals surface area contributed by atoms with Crippen molar-refractivity contribution in [3.05, 3.63) is 65.0 Å². The van der Waals surface area contributed by atoms with E-state index in [0.717, 1.165) is 12.8 Å². The van der Waals surface area contributed by atoms with E-state index in [1.54, 1.807) is 0 Å². The highest BCUT2D eigenvalue weighted by atomic mass is 16.5. The van der Waals surface area contributed by atoms with Gasteiger partial charge in [0.2, 0.25) is 0 Å². The number of aromatic nitrogens is 1. The molecular weight excluding hydrogens is 308 g/mol. The minimum atomic E-state index is 0.0372. The number of benzene rings is 1. The molecule has 2 unspecified atom stereocenters. The van der Waals surface area contributed by atoms with Crippen molar-refractivity contribution in [2.45, 2.75) is 62.8 Å². The lowest BCUT2D eigenvalue weighted by molar-refractivity contribution is -0.0429. The molecule has 3 aliphatic rings. The molecule has 2 saturated heterocycles. The van der Waals surface area contributed by atoms with Crippen LogP contribution in [0.4, 0.5) is 0 Å². The summed E-state index contributed by atoms with van der Waals surface area (Å²) in [6, 6.07) is 14.5. The summed E-state index contributed by atoms with van der Waals surface area (Å²) in [5, 5.41) is 0. The molecule has 25 heavy (non-hydrogen) atoms. The molecule has 130 valence electrons. The van der Waals surface area contributed by atoms with Crippen molar-refractivity contribution in [2.75, 3.05) is 7.05 Å². The summed E-state index contributed by atoms with van der Waals surface area (Å²) >= 11 is 0. The lowest BCUT2D eigenvalue weighted by atomic mass is 9.96. The zero-order chi connectivity index (χ0) is 16.8. The zero-order valence-corrected chi connectivity index (χ0v) is 14.9. The molecule has 1 aromatic carbocycles. The Morgan fingerprint density at radius 2 is 1.72 bits per heavy atom. The Labute approximate surface area is 150 Å². The molecule has 0 N–H and O–H groups in total. The summed E-state index contributed by atoms with van der Waals surface area (Å²) in [6.45, 7) is 0. The smallest absolute Gasteiger partial charge is 0.110 e. The first-order chi connectivity index (χ1) is 12.3. The summed E-state index contributed by atoms with van der Waals surface area (Å²) in [6.07, 6.45) is 9.38. The van der Waals surface area contributed by atoms with Crippen molar-refractivity contribution in [1.82, 2.24) is 9.88 Å². The van der Waals surface area contributed by atoms with E-state index in [0.29, 0.717) is 18.2 Å². The van der Waals surface area contributed by atoms with Crippen LogP contribution in [0.5, 0.6) is 0 Å². The molecule has 3 heterocycles. The van der Waals surface area contributed by atoms with Crippen molar-refractivity contribution in [3.8, 4) is 0 Å². The number of pyridine rings is 1. The standard InChI is InChI=1S/C22H26N2O/c1-24-16-9-10-17(24)14-18(13-16)25-22-19-6-3-2-5-15(19)8-11-21-20(22)7-4-12-23-21/h2-7,12,16-18,22H,8-11,13-14H2,1H3/t16-,17+,18?,22?. The van der Waals surface area contributed by atoms with E-state index < -0.39 is 0 Å². The zero-order valence-electron chi connectivity index (χ0n) is 14.9. The first-order valence-corrected chi connectivity index (χ1v) is 9.68. The van der Waals surface area contributed by atoms with Crippen LogP contribution in [0.15, 0.2) is 42.6 Å². The summed E-state index contributed by atoms with van der Waals surface area (Å²) < 4.78 is 6.83. The van der Waals surface area contributed by atoms with Gasteiger partial charge in [-0.15, -0.1) is 0 Å². The highest BCUT2D eigenvalue weighted by molar-refractivity contribution is 5.41. The lowest BCUT2D eigenvalue weighted by Gasteiger charge is -2.38. The van der Waals surface area contributed by atoms with Crippen LogP contribution in [0.1, 0.15) is 54.2 Å². The molecule has 2 aromatic rings. The number of ether oxygens (including phenoxy) is 1. The van der Waals surface area contributed by atoms with Crippen LogP contribution in [0.2, 0.25) is 0 Å². The van der Waals surface area contributed by atoms with E-state index in [1.165, 1.54) is 48.1 Å². The molecule has 0 saturated carbocycles. The van der Waals surface area contributed by atoms with E-state index in [9.17, 15) is 0 Å². The summed E-state index contributed by atoms with van der Waals surface area (Å²) in [5.41, 5.74) is 5.25. The van der Waals surface area contributed by atoms with Crippen LogP contribution in [0.3, 0.4) is 0 Å². The number of rotatable bonds is 2. The minimum absolute atomic E-state index is 0.0372. The third-order valence-corrected chi connectivity index (χ3v) is 6.56. The number of aryl methyl sites for hydroxylation is 2. The molecule has 1 aliphatic carbocycles. The molecule has 2 aliphatic heterocycles. The number of nitrogens with zero attached hydrogens (tertiary/aromatic N) is 2. The molecule has 0 radical (unpaired) electrons. The quantitative estimate of drug-likeness (QED) is 0.832. The van der Waals surface area contributed by atoms with E-state index in [-0.39, 0.29) is 6.10 Å². The third kappa shape index (κ3) is 2.70. The lowest BCUT2D eigenvalue weighted by Crippen LogP contribution is -2.43. The molecule has 2 bridgehead atoms. The Kier molecular flexibility index (Phi) is 3.87. The monoisotopic (exact) mass is 334 g/mol. The van der Waals surface area contributed by atoms with Gasteiger partial charge in [-0.1, -0.05) is 30.3 Å². The SMILES string of the molecule is CN1[C@@H]2CC[C@H]1CC(OC1c3ccccc3CCc3ncccc31)C2. The largest absolute Gasteiger partial charge is 0.365 e. The highest BCUT2D eigenvalue weighted by Gasteiger charge is 2.40. The van der Waals surface area contributed by atoms with Gasteiger partial charge in [-0.3, -0.25) is 4.98 Å². The number of fused-ring (bicyclic) bond motifs is 4. The topological polar surface area (TPSA) is 25.4 Å². The van der Waals surface area contributed by atoms with Crippen LogP contribution in [0.25, 0.3) is 0 Å². The van der Waals surface area contributed by atoms with Crippen LogP contribution in [-0.4, -0.2) is 35.1 Å². The second-order valence-corrected chi connectivity index (χ2v) is 7.90. The van der Waals surface area contributed by atoms with E-state index in [4.69, 9.17) is 4.74 Å². The van der Waals surface area contributed by atoms with E-state index in [1.807, 2.05) is 6.20 Å². The molecular formula is C22H26N2O. The Balaban J connectivity index is 1.50. The Morgan fingerprint density at radius 1 is 0.960 bits per heavy atom. The minimum Gasteiger partial charge on any atom is -0.365 e. The second-order valence-electron chi connectivity index (χ2n) is 7.90. The maximum atomic E-state index is 6.83. The van der Waals surface area contributed by atoms with Crippen molar-refractivity contribution in [3.63, 3.8) is 0 Å². The molecule has 0 spiro atoms. The fourth-order valence-electron chi connectivity index (χ4n) is 5.15.